The largest absolute Gasteiger partial charge is 0.477 e. The van der Waals surface area contributed by atoms with Crippen molar-refractivity contribution in [2.75, 3.05) is 5.32 Å². The van der Waals surface area contributed by atoms with Crippen LogP contribution in [0.4, 0.5) is 11.5 Å². The smallest absolute Gasteiger partial charge is 0.341 e. The number of aromatic carboxylic acids is 1. The van der Waals surface area contributed by atoms with Crippen molar-refractivity contribution in [3.8, 4) is 0 Å². The number of aromatic nitrogens is 4. The zero-order chi connectivity index (χ0) is 15.4. The number of nitrogens with one attached hydrogen (secondary N) is 1. The molecule has 0 aliphatic carbocycles. The maximum Gasteiger partial charge on any atom is 0.341 e. The molecule has 7 nitrogen and oxygen atoms in total. The minimum atomic E-state index is -1.08. The van der Waals surface area contributed by atoms with Gasteiger partial charge in [-0.2, -0.15) is 5.10 Å². The molecule has 7 heteroatoms. The van der Waals surface area contributed by atoms with Crippen molar-refractivity contribution in [2.24, 2.45) is 0 Å². The molecule has 2 heterocycles. The molecule has 0 bridgehead atoms. The normalized spacial score (nSPS) is 10.4. The Morgan fingerprint density at radius 1 is 1.23 bits per heavy atom. The van der Waals surface area contributed by atoms with E-state index in [2.05, 4.69) is 20.4 Å². The Morgan fingerprint density at radius 3 is 2.82 bits per heavy atom. The van der Waals surface area contributed by atoms with E-state index in [1.165, 1.54) is 12.5 Å². The first kappa shape index (κ1) is 13.7. The van der Waals surface area contributed by atoms with Crippen LogP contribution < -0.4 is 5.32 Å². The highest BCUT2D eigenvalue weighted by atomic mass is 16.4. The molecule has 0 aliphatic rings. The van der Waals surface area contributed by atoms with Gasteiger partial charge in [-0.1, -0.05) is 30.3 Å². The summed E-state index contributed by atoms with van der Waals surface area (Å²) in [5.41, 5.74) is 1.81. The average Bonchev–Trinajstić information content (AvgIpc) is 2.96. The van der Waals surface area contributed by atoms with Crippen molar-refractivity contribution in [1.29, 1.82) is 0 Å². The maximum atomic E-state index is 11.1. The van der Waals surface area contributed by atoms with Gasteiger partial charge >= 0.3 is 5.97 Å². The summed E-state index contributed by atoms with van der Waals surface area (Å²) >= 11 is 0. The van der Waals surface area contributed by atoms with Crippen LogP contribution in [0.2, 0.25) is 0 Å². The summed E-state index contributed by atoms with van der Waals surface area (Å²) in [5, 5.41) is 16.3. The lowest BCUT2D eigenvalue weighted by atomic mass is 10.2. The van der Waals surface area contributed by atoms with Crippen LogP contribution in [0, 0.1) is 0 Å². The van der Waals surface area contributed by atoms with Crippen LogP contribution in [-0.4, -0.2) is 30.8 Å². The van der Waals surface area contributed by atoms with E-state index >= 15 is 0 Å². The summed E-state index contributed by atoms with van der Waals surface area (Å²) in [5.74, 6) is -0.846. The lowest BCUT2D eigenvalue weighted by molar-refractivity contribution is 0.0697. The quantitative estimate of drug-likeness (QED) is 0.749. The van der Waals surface area contributed by atoms with Gasteiger partial charge in [0.25, 0.3) is 0 Å². The van der Waals surface area contributed by atoms with Gasteiger partial charge in [0, 0.05) is 12.4 Å². The third-order valence-corrected chi connectivity index (χ3v) is 3.03. The van der Waals surface area contributed by atoms with Crippen molar-refractivity contribution in [3.63, 3.8) is 0 Å². The molecule has 0 aliphatic heterocycles. The van der Waals surface area contributed by atoms with Gasteiger partial charge in [0.2, 0.25) is 0 Å². The molecule has 0 atom stereocenters. The number of carboxylic acid groups (broad SMARTS) is 1. The number of carbonyl (C=O) groups is 1. The minimum Gasteiger partial charge on any atom is -0.477 e. The molecule has 0 radical (unpaired) electrons. The Bertz CT molecular complexity index is 785. The molecular formula is C15H13N5O2. The molecule has 110 valence electrons. The number of rotatable bonds is 5. The van der Waals surface area contributed by atoms with E-state index in [1.54, 1.807) is 17.1 Å². The van der Waals surface area contributed by atoms with Gasteiger partial charge in [-0.25, -0.2) is 14.8 Å². The van der Waals surface area contributed by atoms with Gasteiger partial charge in [-0.15, -0.1) is 0 Å². The number of carboxylic acids is 1. The number of benzene rings is 1. The lowest BCUT2D eigenvalue weighted by Crippen LogP contribution is -2.05. The molecule has 3 rings (SSSR count). The fraction of sp³-hybridized carbons (Fsp3) is 0.0667. The number of hydrogen-bond donors (Lipinski definition) is 2. The fourth-order valence-corrected chi connectivity index (χ4v) is 2.01. The molecule has 1 aromatic carbocycles. The zero-order valence-electron chi connectivity index (χ0n) is 11.5. The number of nitrogens with zero attached hydrogens (tertiary/aromatic N) is 4. The van der Waals surface area contributed by atoms with Crippen LogP contribution in [0.5, 0.6) is 0 Å². The first-order valence-electron chi connectivity index (χ1n) is 6.59. The van der Waals surface area contributed by atoms with E-state index in [9.17, 15) is 4.79 Å². The van der Waals surface area contributed by atoms with Gasteiger partial charge in [-0.3, -0.25) is 4.68 Å². The van der Waals surface area contributed by atoms with Crippen LogP contribution in [0.15, 0.2) is 55.2 Å². The number of hydrogen-bond acceptors (Lipinski definition) is 5. The van der Waals surface area contributed by atoms with E-state index < -0.39 is 5.97 Å². The van der Waals surface area contributed by atoms with Crippen LogP contribution >= 0.6 is 0 Å². The summed E-state index contributed by atoms with van der Waals surface area (Å²) in [6, 6.07) is 9.93. The fourth-order valence-electron chi connectivity index (χ4n) is 2.01. The van der Waals surface area contributed by atoms with Crippen LogP contribution in [0.3, 0.4) is 0 Å². The van der Waals surface area contributed by atoms with Crippen molar-refractivity contribution in [2.45, 2.75) is 6.54 Å². The Morgan fingerprint density at radius 2 is 2.05 bits per heavy atom. The summed E-state index contributed by atoms with van der Waals surface area (Å²) in [6.07, 6.45) is 5.96. The summed E-state index contributed by atoms with van der Waals surface area (Å²) in [7, 11) is 0. The van der Waals surface area contributed by atoms with E-state index in [1.807, 2.05) is 30.3 Å². The highest BCUT2D eigenvalue weighted by molar-refractivity contribution is 5.93. The predicted molar refractivity (Wildman–Crippen MR) is 80.0 cm³/mol. The third-order valence-electron chi connectivity index (χ3n) is 3.03. The second-order valence-electron chi connectivity index (χ2n) is 4.63. The zero-order valence-corrected chi connectivity index (χ0v) is 11.5. The van der Waals surface area contributed by atoms with Crippen molar-refractivity contribution in [3.05, 3.63) is 66.4 Å². The molecule has 0 saturated heterocycles. The Labute approximate surface area is 126 Å². The monoisotopic (exact) mass is 295 g/mol. The second-order valence-corrected chi connectivity index (χ2v) is 4.63. The topological polar surface area (TPSA) is 92.9 Å². The minimum absolute atomic E-state index is 0.0123. The summed E-state index contributed by atoms with van der Waals surface area (Å²) in [6.45, 7) is 0.637. The van der Waals surface area contributed by atoms with Crippen molar-refractivity contribution in [1.82, 2.24) is 19.7 Å². The third kappa shape index (κ3) is 3.09. The first-order valence-corrected chi connectivity index (χ1v) is 6.59. The van der Waals surface area contributed by atoms with Crippen LogP contribution in [0.25, 0.3) is 0 Å². The standard InChI is InChI=1S/C15H13N5O2/c21-15(22)13-7-16-10-17-14(13)19-12-6-18-20(9-12)8-11-4-2-1-3-5-11/h1-7,9-10H,8H2,(H,21,22)(H,16,17,19). The molecule has 0 fully saturated rings. The number of anilines is 2. The van der Waals surface area contributed by atoms with Gasteiger partial charge in [0.05, 0.1) is 18.4 Å². The van der Waals surface area contributed by atoms with Gasteiger partial charge < -0.3 is 10.4 Å². The highest BCUT2D eigenvalue weighted by Gasteiger charge is 2.12. The molecule has 22 heavy (non-hydrogen) atoms. The SMILES string of the molecule is O=C(O)c1cncnc1Nc1cnn(Cc2ccccc2)c1. The van der Waals surface area contributed by atoms with E-state index in [0.717, 1.165) is 5.56 Å². The Hall–Kier alpha value is -3.22. The van der Waals surface area contributed by atoms with E-state index in [4.69, 9.17) is 5.11 Å². The van der Waals surface area contributed by atoms with Crippen LogP contribution in [0.1, 0.15) is 15.9 Å². The molecule has 0 unspecified atom stereocenters. The van der Waals surface area contributed by atoms with Gasteiger partial charge in [-0.05, 0) is 5.56 Å². The van der Waals surface area contributed by atoms with E-state index in [-0.39, 0.29) is 11.4 Å². The van der Waals surface area contributed by atoms with Crippen LogP contribution in [-0.2, 0) is 6.54 Å². The first-order chi connectivity index (χ1) is 10.7. The van der Waals surface area contributed by atoms with Gasteiger partial charge in [0.15, 0.2) is 0 Å². The summed E-state index contributed by atoms with van der Waals surface area (Å²) < 4.78 is 1.76. The molecule has 0 spiro atoms. The molecule has 3 aromatic rings. The lowest BCUT2D eigenvalue weighted by Gasteiger charge is -2.05. The highest BCUT2D eigenvalue weighted by Crippen LogP contribution is 2.17. The molecule has 0 amide bonds. The van der Waals surface area contributed by atoms with Gasteiger partial charge in [0.1, 0.15) is 17.7 Å². The molecular weight excluding hydrogens is 282 g/mol. The van der Waals surface area contributed by atoms with E-state index in [0.29, 0.717) is 12.2 Å². The second kappa shape index (κ2) is 6.04. The maximum absolute atomic E-state index is 11.1. The Balaban J connectivity index is 1.76. The van der Waals surface area contributed by atoms with Crippen molar-refractivity contribution < 1.29 is 9.90 Å². The Kier molecular flexibility index (Phi) is 3.78. The molecule has 0 saturated carbocycles. The predicted octanol–water partition coefficient (Wildman–Crippen LogP) is 2.16. The molecule has 2 aromatic heterocycles. The summed E-state index contributed by atoms with van der Waals surface area (Å²) in [4.78, 5) is 18.8. The van der Waals surface area contributed by atoms with Crippen molar-refractivity contribution >= 4 is 17.5 Å². The average molecular weight is 295 g/mol. The molecule has 2 N–H and O–H groups in total.